The van der Waals surface area contributed by atoms with Gasteiger partial charge in [0.2, 0.25) is 0 Å². The van der Waals surface area contributed by atoms with Crippen molar-refractivity contribution in [1.82, 2.24) is 10.2 Å². The van der Waals surface area contributed by atoms with Gasteiger partial charge in [0.1, 0.15) is 6.04 Å². The molecule has 0 saturated carbocycles. The van der Waals surface area contributed by atoms with Crippen LogP contribution in [0.5, 0.6) is 0 Å². The highest BCUT2D eigenvalue weighted by Gasteiger charge is 2.34. The average Bonchev–Trinajstić information content (AvgIpc) is 2.76. The number of urea groups is 1. The molecule has 0 aromatic rings. The average molecular weight is 274 g/mol. The molecule has 2 N–H and O–H groups in total. The number of amides is 2. The predicted molar refractivity (Wildman–Crippen MR) is 69.6 cm³/mol. The Balaban J connectivity index is 2.24. The number of aliphatic carboxylic acids is 1. The Bertz CT molecular complexity index is 335. The first-order valence-electron chi connectivity index (χ1n) is 5.59. The second kappa shape index (κ2) is 7.27. The molecule has 0 bridgehead atoms. The van der Waals surface area contributed by atoms with Gasteiger partial charge in [-0.1, -0.05) is 12.2 Å². The van der Waals surface area contributed by atoms with Crippen LogP contribution in [-0.4, -0.2) is 59.4 Å². The maximum Gasteiger partial charge on any atom is 0.327 e. The van der Waals surface area contributed by atoms with E-state index in [2.05, 4.69) is 11.9 Å². The van der Waals surface area contributed by atoms with E-state index in [4.69, 9.17) is 9.84 Å². The van der Waals surface area contributed by atoms with Crippen LogP contribution < -0.4 is 5.32 Å². The summed E-state index contributed by atoms with van der Waals surface area (Å²) in [6.07, 6.45) is 0. The van der Waals surface area contributed by atoms with Gasteiger partial charge in [-0.2, -0.15) is 0 Å². The van der Waals surface area contributed by atoms with Gasteiger partial charge in [0.05, 0.1) is 19.1 Å². The van der Waals surface area contributed by atoms with Gasteiger partial charge in [0.25, 0.3) is 0 Å². The topological polar surface area (TPSA) is 78.9 Å². The third-order valence-electron chi connectivity index (χ3n) is 2.30. The maximum absolute atomic E-state index is 11.7. The van der Waals surface area contributed by atoms with Gasteiger partial charge < -0.3 is 20.1 Å². The number of nitrogens with one attached hydrogen (secondary N) is 1. The first kappa shape index (κ1) is 14.8. The third-order valence-corrected chi connectivity index (χ3v) is 3.31. The molecule has 102 valence electrons. The molecule has 0 aliphatic carbocycles. The van der Waals surface area contributed by atoms with Crippen molar-refractivity contribution in [1.29, 1.82) is 0 Å². The molecule has 0 unspecified atom stereocenters. The molecule has 2 amide bonds. The number of carboxylic acids is 1. The summed E-state index contributed by atoms with van der Waals surface area (Å²) in [5, 5.41) is 11.6. The van der Waals surface area contributed by atoms with E-state index in [1.165, 1.54) is 16.7 Å². The van der Waals surface area contributed by atoms with Gasteiger partial charge in [-0.15, -0.1) is 11.8 Å². The molecule has 0 aromatic heterocycles. The minimum atomic E-state index is -0.964. The van der Waals surface area contributed by atoms with Gasteiger partial charge in [-0.25, -0.2) is 9.59 Å². The SMILES string of the molecule is C=C(C)COCCNC(=O)N1CSC[C@H]1C(=O)O. The van der Waals surface area contributed by atoms with Crippen molar-refractivity contribution in [3.63, 3.8) is 0 Å². The van der Waals surface area contributed by atoms with Crippen LogP contribution in [-0.2, 0) is 9.53 Å². The lowest BCUT2D eigenvalue weighted by molar-refractivity contribution is -0.140. The van der Waals surface area contributed by atoms with Crippen LogP contribution in [0.1, 0.15) is 6.92 Å². The van der Waals surface area contributed by atoms with E-state index in [9.17, 15) is 9.59 Å². The standard InChI is InChI=1S/C11H18N2O4S/c1-8(2)5-17-4-3-12-11(16)13-7-18-6-9(13)10(14)15/h9H,1,3-7H2,2H3,(H,12,16)(H,14,15)/t9-/m0/s1. The molecule has 1 aliphatic rings. The number of carbonyl (C=O) groups is 2. The van der Waals surface area contributed by atoms with E-state index < -0.39 is 12.0 Å². The van der Waals surface area contributed by atoms with Crippen LogP contribution in [0.3, 0.4) is 0 Å². The van der Waals surface area contributed by atoms with E-state index >= 15 is 0 Å². The fraction of sp³-hybridized carbons (Fsp3) is 0.636. The minimum absolute atomic E-state index is 0.355. The summed E-state index contributed by atoms with van der Waals surface area (Å²) >= 11 is 1.44. The summed E-state index contributed by atoms with van der Waals surface area (Å²) in [7, 11) is 0. The number of carboxylic acid groups (broad SMARTS) is 1. The van der Waals surface area contributed by atoms with E-state index in [0.717, 1.165) is 5.57 Å². The van der Waals surface area contributed by atoms with Gasteiger partial charge in [0.15, 0.2) is 0 Å². The normalized spacial score (nSPS) is 18.7. The van der Waals surface area contributed by atoms with Crippen molar-refractivity contribution in [3.05, 3.63) is 12.2 Å². The Morgan fingerprint density at radius 2 is 2.33 bits per heavy atom. The van der Waals surface area contributed by atoms with Crippen molar-refractivity contribution in [2.24, 2.45) is 0 Å². The van der Waals surface area contributed by atoms with Gasteiger partial charge in [-0.05, 0) is 6.92 Å². The Morgan fingerprint density at radius 3 is 2.94 bits per heavy atom. The Morgan fingerprint density at radius 1 is 1.61 bits per heavy atom. The predicted octanol–water partition coefficient (Wildman–Crippen LogP) is 0.748. The van der Waals surface area contributed by atoms with Crippen LogP contribution in [0.2, 0.25) is 0 Å². The second-order valence-corrected chi connectivity index (χ2v) is 5.07. The highest BCUT2D eigenvalue weighted by molar-refractivity contribution is 7.99. The number of hydrogen-bond acceptors (Lipinski definition) is 4. The smallest absolute Gasteiger partial charge is 0.327 e. The molecule has 1 fully saturated rings. The highest BCUT2D eigenvalue weighted by atomic mass is 32.2. The van der Waals surface area contributed by atoms with Crippen LogP contribution in [0.25, 0.3) is 0 Å². The van der Waals surface area contributed by atoms with Crippen molar-refractivity contribution in [2.45, 2.75) is 13.0 Å². The number of nitrogens with zero attached hydrogens (tertiary/aromatic N) is 1. The summed E-state index contributed by atoms with van der Waals surface area (Å²) in [5.41, 5.74) is 0.920. The molecule has 1 rings (SSSR count). The minimum Gasteiger partial charge on any atom is -0.480 e. The third kappa shape index (κ3) is 4.58. The molecule has 0 radical (unpaired) electrons. The van der Waals surface area contributed by atoms with Gasteiger partial charge in [-0.3, -0.25) is 0 Å². The molecule has 7 heteroatoms. The van der Waals surface area contributed by atoms with Crippen molar-refractivity contribution >= 4 is 23.8 Å². The van der Waals surface area contributed by atoms with E-state index in [1.807, 2.05) is 6.92 Å². The Kier molecular flexibility index (Phi) is 6.00. The lowest BCUT2D eigenvalue weighted by Gasteiger charge is -2.20. The molecule has 1 atom stereocenters. The molecule has 0 aromatic carbocycles. The lowest BCUT2D eigenvalue weighted by Crippen LogP contribution is -2.47. The first-order chi connectivity index (χ1) is 8.52. The summed E-state index contributed by atoms with van der Waals surface area (Å²) in [4.78, 5) is 23.9. The molecule has 18 heavy (non-hydrogen) atoms. The van der Waals surface area contributed by atoms with Crippen LogP contribution in [0.4, 0.5) is 4.79 Å². The van der Waals surface area contributed by atoms with Crippen molar-refractivity contribution in [2.75, 3.05) is 31.4 Å². The number of ether oxygens (including phenoxy) is 1. The van der Waals surface area contributed by atoms with Crippen LogP contribution in [0, 0.1) is 0 Å². The number of carbonyl (C=O) groups excluding carboxylic acids is 1. The summed E-state index contributed by atoms with van der Waals surface area (Å²) < 4.78 is 5.23. The lowest BCUT2D eigenvalue weighted by atomic mass is 10.3. The van der Waals surface area contributed by atoms with Gasteiger partial charge >= 0.3 is 12.0 Å². The number of rotatable bonds is 6. The first-order valence-corrected chi connectivity index (χ1v) is 6.75. The van der Waals surface area contributed by atoms with Crippen molar-refractivity contribution < 1.29 is 19.4 Å². The zero-order valence-electron chi connectivity index (χ0n) is 10.3. The monoisotopic (exact) mass is 274 g/mol. The van der Waals surface area contributed by atoms with Crippen LogP contribution >= 0.6 is 11.8 Å². The number of hydrogen-bond donors (Lipinski definition) is 2. The fourth-order valence-corrected chi connectivity index (χ4v) is 2.57. The fourth-order valence-electron chi connectivity index (χ4n) is 1.43. The highest BCUT2D eigenvalue weighted by Crippen LogP contribution is 2.20. The maximum atomic E-state index is 11.7. The quantitative estimate of drug-likeness (QED) is 0.552. The van der Waals surface area contributed by atoms with E-state index in [0.29, 0.717) is 31.4 Å². The molecular formula is C11H18N2O4S. The van der Waals surface area contributed by atoms with E-state index in [1.54, 1.807) is 0 Å². The van der Waals surface area contributed by atoms with E-state index in [-0.39, 0.29) is 6.03 Å². The largest absolute Gasteiger partial charge is 0.480 e. The molecular weight excluding hydrogens is 256 g/mol. The van der Waals surface area contributed by atoms with Crippen molar-refractivity contribution in [3.8, 4) is 0 Å². The molecule has 1 aliphatic heterocycles. The Labute approximate surface area is 110 Å². The molecule has 1 heterocycles. The molecule has 0 spiro atoms. The Hall–Kier alpha value is -1.21. The second-order valence-electron chi connectivity index (χ2n) is 4.07. The summed E-state index contributed by atoms with van der Waals surface area (Å²) in [6.45, 7) is 6.76. The summed E-state index contributed by atoms with van der Waals surface area (Å²) in [5.74, 6) is -0.113. The van der Waals surface area contributed by atoms with Crippen LogP contribution in [0.15, 0.2) is 12.2 Å². The van der Waals surface area contributed by atoms with Gasteiger partial charge in [0, 0.05) is 12.3 Å². The number of thioether (sulfide) groups is 1. The molecule has 6 nitrogen and oxygen atoms in total. The molecule has 1 saturated heterocycles. The summed E-state index contributed by atoms with van der Waals surface area (Å²) in [6, 6.07) is -1.09. The zero-order chi connectivity index (χ0) is 13.5. The zero-order valence-corrected chi connectivity index (χ0v) is 11.2.